The van der Waals surface area contributed by atoms with Gasteiger partial charge in [-0.1, -0.05) is 13.8 Å². The summed E-state index contributed by atoms with van der Waals surface area (Å²) in [6, 6.07) is 11.0. The molecule has 0 aliphatic carbocycles. The highest BCUT2D eigenvalue weighted by Crippen LogP contribution is 2.17. The van der Waals surface area contributed by atoms with Gasteiger partial charge in [0.05, 0.1) is 12.1 Å². The third-order valence-electron chi connectivity index (χ3n) is 6.68. The zero-order valence-electron chi connectivity index (χ0n) is 24.2. The van der Waals surface area contributed by atoms with Gasteiger partial charge >= 0.3 is 0 Å². The Morgan fingerprint density at radius 3 is 2.22 bits per heavy atom. The van der Waals surface area contributed by atoms with Crippen LogP contribution < -0.4 is 10.6 Å². The van der Waals surface area contributed by atoms with Gasteiger partial charge in [0.25, 0.3) is 11.8 Å². The van der Waals surface area contributed by atoms with Gasteiger partial charge in [0, 0.05) is 43.0 Å². The molecule has 0 radical (unpaired) electrons. The average Bonchev–Trinajstić information content (AvgIpc) is 2.91. The van der Waals surface area contributed by atoms with Crippen LogP contribution in [-0.4, -0.2) is 58.6 Å². The molecule has 0 saturated heterocycles. The van der Waals surface area contributed by atoms with Crippen molar-refractivity contribution in [1.82, 2.24) is 15.2 Å². The van der Waals surface area contributed by atoms with Gasteiger partial charge in [-0.05, 0) is 98.7 Å². The Kier molecular flexibility index (Phi) is 11.8. The molecule has 2 amide bonds. The summed E-state index contributed by atoms with van der Waals surface area (Å²) in [5.41, 5.74) is 2.76. The van der Waals surface area contributed by atoms with Crippen LogP contribution in [-0.2, 0) is 6.42 Å². The summed E-state index contributed by atoms with van der Waals surface area (Å²) in [4.78, 5) is 32.7. The zero-order chi connectivity index (χ0) is 29.9. The van der Waals surface area contributed by atoms with Crippen LogP contribution in [0, 0.1) is 25.5 Å². The first-order valence-corrected chi connectivity index (χ1v) is 14.1. The van der Waals surface area contributed by atoms with Crippen LogP contribution >= 0.6 is 0 Å². The smallest absolute Gasteiger partial charge is 0.253 e. The lowest BCUT2D eigenvalue weighted by Gasteiger charge is -2.25. The fourth-order valence-corrected chi connectivity index (χ4v) is 4.77. The van der Waals surface area contributed by atoms with E-state index in [0.717, 1.165) is 30.0 Å². The van der Waals surface area contributed by atoms with Crippen LogP contribution in [0.2, 0.25) is 0 Å². The van der Waals surface area contributed by atoms with Gasteiger partial charge in [-0.15, -0.1) is 0 Å². The van der Waals surface area contributed by atoms with E-state index in [2.05, 4.69) is 15.6 Å². The number of aryl methyl sites for hydroxylation is 2. The first-order valence-electron chi connectivity index (χ1n) is 14.1. The molecule has 3 aromatic rings. The number of hydrogen-bond acceptors (Lipinski definition) is 5. The molecule has 0 unspecified atom stereocenters. The number of aliphatic hydroxyl groups is 1. The molecule has 0 aliphatic heterocycles. The van der Waals surface area contributed by atoms with E-state index in [0.29, 0.717) is 36.6 Å². The Morgan fingerprint density at radius 1 is 0.927 bits per heavy atom. The molecule has 9 heteroatoms. The monoisotopic (exact) mass is 566 g/mol. The number of aliphatic hydroxyl groups excluding tert-OH is 1. The van der Waals surface area contributed by atoms with Gasteiger partial charge in [-0.3, -0.25) is 9.59 Å². The Bertz CT molecular complexity index is 1310. The number of aromatic nitrogens is 1. The molecule has 3 N–H and O–H groups in total. The van der Waals surface area contributed by atoms with Crippen LogP contribution in [0.15, 0.2) is 54.7 Å². The number of nitrogens with one attached hydrogen (secondary N) is 2. The highest BCUT2D eigenvalue weighted by Gasteiger charge is 2.24. The molecule has 0 fully saturated rings. The minimum atomic E-state index is -1.04. The average molecular weight is 567 g/mol. The van der Waals surface area contributed by atoms with Gasteiger partial charge in [-0.25, -0.2) is 13.8 Å². The quantitative estimate of drug-likeness (QED) is 0.242. The van der Waals surface area contributed by atoms with E-state index in [9.17, 15) is 23.5 Å². The number of anilines is 1. The summed E-state index contributed by atoms with van der Waals surface area (Å²) < 4.78 is 27.9. The molecule has 41 heavy (non-hydrogen) atoms. The molecule has 3 rings (SSSR count). The van der Waals surface area contributed by atoms with Crippen LogP contribution in [0.5, 0.6) is 0 Å². The molecule has 2 atom stereocenters. The maximum absolute atomic E-state index is 13.9. The van der Waals surface area contributed by atoms with E-state index < -0.39 is 29.7 Å². The van der Waals surface area contributed by atoms with E-state index in [4.69, 9.17) is 0 Å². The van der Waals surface area contributed by atoms with Gasteiger partial charge in [-0.2, -0.15) is 0 Å². The van der Waals surface area contributed by atoms with Crippen LogP contribution in [0.3, 0.4) is 0 Å². The largest absolute Gasteiger partial charge is 0.391 e. The van der Waals surface area contributed by atoms with Crippen molar-refractivity contribution in [2.75, 3.05) is 25.0 Å². The number of carbonyl (C=O) groups excluding carboxylic acids is 2. The second-order valence-electron chi connectivity index (χ2n) is 10.4. The normalized spacial score (nSPS) is 12.5. The fourth-order valence-electron chi connectivity index (χ4n) is 4.77. The number of pyridine rings is 1. The molecule has 7 nitrogen and oxygen atoms in total. The van der Waals surface area contributed by atoms with E-state index in [1.165, 1.54) is 12.1 Å². The molecule has 0 aliphatic rings. The third-order valence-corrected chi connectivity index (χ3v) is 6.68. The van der Waals surface area contributed by atoms with Crippen molar-refractivity contribution in [3.8, 4) is 0 Å². The molecule has 2 aromatic carbocycles. The summed E-state index contributed by atoms with van der Waals surface area (Å²) in [5, 5.41) is 17.1. The molecular weight excluding hydrogens is 526 g/mol. The van der Waals surface area contributed by atoms with Gasteiger partial charge in [0.2, 0.25) is 0 Å². The second-order valence-corrected chi connectivity index (χ2v) is 10.4. The number of carbonyl (C=O) groups is 2. The summed E-state index contributed by atoms with van der Waals surface area (Å²) in [6.45, 7) is 9.36. The van der Waals surface area contributed by atoms with Gasteiger partial charge < -0.3 is 20.6 Å². The molecular formula is C32H40F2N4O3. The number of hydrogen-bond donors (Lipinski definition) is 3. The van der Waals surface area contributed by atoms with Gasteiger partial charge in [0.1, 0.15) is 17.5 Å². The van der Waals surface area contributed by atoms with Gasteiger partial charge in [0.15, 0.2) is 0 Å². The highest BCUT2D eigenvalue weighted by atomic mass is 19.1. The number of nitrogens with zero attached hydrogens (tertiary/aromatic N) is 2. The Labute approximate surface area is 241 Å². The van der Waals surface area contributed by atoms with Crippen molar-refractivity contribution in [2.45, 2.75) is 65.5 Å². The van der Waals surface area contributed by atoms with Crippen LogP contribution in [0.25, 0.3) is 0 Å². The standard InChI is InChI=1S/C32H40F2N4O3/c1-5-11-38(12-6-2)32(41)25-14-22(4)13-24(19-25)31(40)37-28(18-23-16-26(33)20-27(34)17-23)29(39)8-10-36-30-15-21(3)7-9-35-30/h7,9,13-17,19-20,28-29,39H,5-6,8,10-12,18H2,1-4H3,(H,35,36)(H,37,40)/t28-,29+/m0/s1. The van der Waals surface area contributed by atoms with Crippen molar-refractivity contribution >= 4 is 17.6 Å². The lowest BCUT2D eigenvalue weighted by molar-refractivity contribution is 0.0755. The molecule has 0 bridgehead atoms. The summed E-state index contributed by atoms with van der Waals surface area (Å²) in [6.07, 6.45) is 2.51. The van der Waals surface area contributed by atoms with Crippen molar-refractivity contribution in [3.05, 3.63) is 94.2 Å². The predicted molar refractivity (Wildman–Crippen MR) is 157 cm³/mol. The SMILES string of the molecule is CCCN(CCC)C(=O)c1cc(C)cc(C(=O)N[C@@H](Cc2cc(F)cc(F)c2)[C@H](O)CCNc2cc(C)ccn2)c1. The van der Waals surface area contributed by atoms with Crippen molar-refractivity contribution < 1.29 is 23.5 Å². The maximum Gasteiger partial charge on any atom is 0.253 e. The zero-order valence-corrected chi connectivity index (χ0v) is 24.2. The summed E-state index contributed by atoms with van der Waals surface area (Å²) in [5.74, 6) is -1.46. The molecule has 1 aromatic heterocycles. The number of rotatable bonds is 14. The Hall–Kier alpha value is -3.85. The summed E-state index contributed by atoms with van der Waals surface area (Å²) in [7, 11) is 0. The molecule has 220 valence electrons. The molecule has 1 heterocycles. The van der Waals surface area contributed by atoms with E-state index in [1.807, 2.05) is 39.8 Å². The van der Waals surface area contributed by atoms with Crippen molar-refractivity contribution in [2.24, 2.45) is 0 Å². The Morgan fingerprint density at radius 2 is 1.59 bits per heavy atom. The molecule has 0 saturated carbocycles. The lowest BCUT2D eigenvalue weighted by atomic mass is 9.97. The number of amides is 2. The van der Waals surface area contributed by atoms with E-state index in [-0.39, 0.29) is 24.3 Å². The molecule has 0 spiro atoms. The first-order chi connectivity index (χ1) is 19.6. The number of halogens is 2. The van der Waals surface area contributed by atoms with Crippen LogP contribution in [0.1, 0.15) is 70.5 Å². The first kappa shape index (κ1) is 31.7. The third kappa shape index (κ3) is 9.63. The maximum atomic E-state index is 13.9. The predicted octanol–water partition coefficient (Wildman–Crippen LogP) is 5.44. The lowest BCUT2D eigenvalue weighted by Crippen LogP contribution is -2.45. The number of benzene rings is 2. The topological polar surface area (TPSA) is 94.6 Å². The van der Waals surface area contributed by atoms with E-state index >= 15 is 0 Å². The Balaban J connectivity index is 1.81. The van der Waals surface area contributed by atoms with Crippen LogP contribution in [0.4, 0.5) is 14.6 Å². The second kappa shape index (κ2) is 15.2. The minimum absolute atomic E-state index is 0.00264. The highest BCUT2D eigenvalue weighted by molar-refractivity contribution is 6.00. The summed E-state index contributed by atoms with van der Waals surface area (Å²) >= 11 is 0. The van der Waals surface area contributed by atoms with E-state index in [1.54, 1.807) is 29.3 Å². The fraction of sp³-hybridized carbons (Fsp3) is 0.406. The van der Waals surface area contributed by atoms with Crippen molar-refractivity contribution in [1.29, 1.82) is 0 Å². The minimum Gasteiger partial charge on any atom is -0.391 e. The van der Waals surface area contributed by atoms with Crippen molar-refractivity contribution in [3.63, 3.8) is 0 Å².